The first-order valence-corrected chi connectivity index (χ1v) is 7.27. The zero-order valence-corrected chi connectivity index (χ0v) is 12.5. The molecule has 0 saturated carbocycles. The Labute approximate surface area is 120 Å². The van der Waals surface area contributed by atoms with Gasteiger partial charge in [-0.05, 0) is 32.6 Å². The van der Waals surface area contributed by atoms with E-state index in [2.05, 4.69) is 16.7 Å². The number of likely N-dealkylation sites (tertiary alicyclic amines) is 2. The molecule has 2 atom stereocenters. The van der Waals surface area contributed by atoms with E-state index in [0.717, 1.165) is 38.8 Å². The maximum atomic E-state index is 11.8. The highest BCUT2D eigenvalue weighted by Crippen LogP contribution is 2.28. The zero-order chi connectivity index (χ0) is 14.7. The fourth-order valence-electron chi connectivity index (χ4n) is 3.44. The Morgan fingerprint density at radius 2 is 1.35 bits per heavy atom. The SMILES string of the molecule is COC(=O)C1CCCN1C(C)N1CCCC1C(=O)OC. The van der Waals surface area contributed by atoms with Crippen molar-refractivity contribution in [2.75, 3.05) is 27.3 Å². The number of carbonyl (C=O) groups excluding carboxylic acids is 2. The van der Waals surface area contributed by atoms with Crippen LogP contribution in [0.5, 0.6) is 0 Å². The van der Waals surface area contributed by atoms with Crippen molar-refractivity contribution in [3.05, 3.63) is 0 Å². The van der Waals surface area contributed by atoms with Gasteiger partial charge in [0.05, 0.1) is 20.4 Å². The number of hydrogen-bond acceptors (Lipinski definition) is 6. The minimum absolute atomic E-state index is 0.0493. The third kappa shape index (κ3) is 2.81. The molecule has 20 heavy (non-hydrogen) atoms. The molecule has 0 amide bonds. The van der Waals surface area contributed by atoms with Crippen molar-refractivity contribution in [2.24, 2.45) is 0 Å². The van der Waals surface area contributed by atoms with Crippen molar-refractivity contribution in [3.63, 3.8) is 0 Å². The predicted molar refractivity (Wildman–Crippen MR) is 73.0 cm³/mol. The van der Waals surface area contributed by atoms with Crippen molar-refractivity contribution in [3.8, 4) is 0 Å². The van der Waals surface area contributed by atoms with Crippen molar-refractivity contribution in [1.29, 1.82) is 0 Å². The van der Waals surface area contributed by atoms with Crippen LogP contribution in [0.1, 0.15) is 32.6 Å². The molecule has 2 unspecified atom stereocenters. The summed E-state index contributed by atoms with van der Waals surface area (Å²) in [4.78, 5) is 28.0. The summed E-state index contributed by atoms with van der Waals surface area (Å²) in [5.41, 5.74) is 0. The van der Waals surface area contributed by atoms with Crippen LogP contribution < -0.4 is 0 Å². The van der Waals surface area contributed by atoms with E-state index in [4.69, 9.17) is 9.47 Å². The molecule has 2 aliphatic rings. The molecule has 114 valence electrons. The summed E-state index contributed by atoms with van der Waals surface area (Å²) in [5, 5.41) is 0. The van der Waals surface area contributed by atoms with Gasteiger partial charge in [-0.25, -0.2) is 0 Å². The zero-order valence-electron chi connectivity index (χ0n) is 12.5. The molecule has 6 nitrogen and oxygen atoms in total. The molecule has 0 aliphatic carbocycles. The molecule has 2 heterocycles. The first kappa shape index (κ1) is 15.3. The van der Waals surface area contributed by atoms with Crippen LogP contribution in [0.4, 0.5) is 0 Å². The second-order valence-corrected chi connectivity index (χ2v) is 5.47. The van der Waals surface area contributed by atoms with Crippen LogP contribution in [-0.4, -0.2) is 67.3 Å². The van der Waals surface area contributed by atoms with Crippen LogP contribution in [-0.2, 0) is 19.1 Å². The predicted octanol–water partition coefficient (Wildman–Crippen LogP) is 0.607. The first-order chi connectivity index (χ1) is 9.60. The molecule has 0 spiro atoms. The molecule has 0 bridgehead atoms. The van der Waals surface area contributed by atoms with Crippen molar-refractivity contribution < 1.29 is 19.1 Å². The standard InChI is InChI=1S/C14H24N2O4/c1-10(15-8-4-6-11(15)13(17)19-2)16-9-5-7-12(16)14(18)20-3/h10-12H,4-9H2,1-3H3. The minimum atomic E-state index is -0.186. The largest absolute Gasteiger partial charge is 0.468 e. The summed E-state index contributed by atoms with van der Waals surface area (Å²) in [6.45, 7) is 3.79. The second kappa shape index (κ2) is 6.54. The van der Waals surface area contributed by atoms with Crippen LogP contribution in [0.15, 0.2) is 0 Å². The number of ether oxygens (including phenoxy) is 2. The molecule has 2 aliphatic heterocycles. The second-order valence-electron chi connectivity index (χ2n) is 5.47. The minimum Gasteiger partial charge on any atom is -0.468 e. The third-order valence-electron chi connectivity index (χ3n) is 4.49. The van der Waals surface area contributed by atoms with Gasteiger partial charge in [0.25, 0.3) is 0 Å². The average Bonchev–Trinajstić information content (AvgIpc) is 3.13. The summed E-state index contributed by atoms with van der Waals surface area (Å²) in [5.74, 6) is -0.355. The van der Waals surface area contributed by atoms with Crippen molar-refractivity contribution in [1.82, 2.24) is 9.80 Å². The van der Waals surface area contributed by atoms with Crippen LogP contribution in [0, 0.1) is 0 Å². The van der Waals surface area contributed by atoms with Gasteiger partial charge in [0.2, 0.25) is 0 Å². The summed E-state index contributed by atoms with van der Waals surface area (Å²) in [6.07, 6.45) is 3.68. The van der Waals surface area contributed by atoms with Crippen molar-refractivity contribution >= 4 is 11.9 Å². The number of methoxy groups -OCH3 is 2. The maximum Gasteiger partial charge on any atom is 0.323 e. The van der Waals surface area contributed by atoms with E-state index in [1.807, 2.05) is 0 Å². The van der Waals surface area contributed by atoms with E-state index in [9.17, 15) is 9.59 Å². The van der Waals surface area contributed by atoms with Gasteiger partial charge in [-0.2, -0.15) is 0 Å². The van der Waals surface area contributed by atoms with Crippen LogP contribution in [0.2, 0.25) is 0 Å². The van der Waals surface area contributed by atoms with Crippen LogP contribution >= 0.6 is 0 Å². The highest BCUT2D eigenvalue weighted by molar-refractivity contribution is 5.77. The summed E-state index contributed by atoms with van der Waals surface area (Å²) in [6, 6.07) is -0.372. The Morgan fingerprint density at radius 1 is 0.950 bits per heavy atom. The molecular formula is C14H24N2O4. The Kier molecular flexibility index (Phi) is 4.99. The highest BCUT2D eigenvalue weighted by atomic mass is 16.5. The van der Waals surface area contributed by atoms with Gasteiger partial charge < -0.3 is 9.47 Å². The fraction of sp³-hybridized carbons (Fsp3) is 0.857. The number of carbonyl (C=O) groups is 2. The van der Waals surface area contributed by atoms with Gasteiger partial charge in [0.15, 0.2) is 0 Å². The molecule has 6 heteroatoms. The molecule has 0 N–H and O–H groups in total. The van der Waals surface area contributed by atoms with Gasteiger partial charge in [0, 0.05) is 13.1 Å². The van der Waals surface area contributed by atoms with E-state index < -0.39 is 0 Å². The van der Waals surface area contributed by atoms with Crippen LogP contribution in [0.3, 0.4) is 0 Å². The molecule has 0 radical (unpaired) electrons. The topological polar surface area (TPSA) is 59.1 Å². The lowest BCUT2D eigenvalue weighted by atomic mass is 10.2. The molecular weight excluding hydrogens is 260 g/mol. The molecule has 2 rings (SSSR count). The Bertz CT molecular complexity index is 340. The third-order valence-corrected chi connectivity index (χ3v) is 4.49. The lowest BCUT2D eigenvalue weighted by molar-refractivity contribution is -0.151. The van der Waals surface area contributed by atoms with E-state index in [1.165, 1.54) is 14.2 Å². The van der Waals surface area contributed by atoms with Crippen LogP contribution in [0.25, 0.3) is 0 Å². The van der Waals surface area contributed by atoms with Gasteiger partial charge in [0.1, 0.15) is 12.1 Å². The molecule has 0 aromatic rings. The quantitative estimate of drug-likeness (QED) is 0.705. The van der Waals surface area contributed by atoms with E-state index in [0.29, 0.717) is 0 Å². The maximum absolute atomic E-state index is 11.8. The van der Waals surface area contributed by atoms with E-state index in [-0.39, 0.29) is 30.2 Å². The summed E-state index contributed by atoms with van der Waals surface area (Å²) < 4.78 is 9.76. The Hall–Kier alpha value is -1.14. The fourth-order valence-corrected chi connectivity index (χ4v) is 3.44. The van der Waals surface area contributed by atoms with Gasteiger partial charge in [-0.15, -0.1) is 0 Å². The Balaban J connectivity index is 2.07. The lowest BCUT2D eigenvalue weighted by Gasteiger charge is -2.37. The van der Waals surface area contributed by atoms with Gasteiger partial charge >= 0.3 is 11.9 Å². The average molecular weight is 284 g/mol. The molecule has 0 aromatic carbocycles. The van der Waals surface area contributed by atoms with Crippen molar-refractivity contribution in [2.45, 2.75) is 50.9 Å². The molecule has 0 aromatic heterocycles. The number of nitrogens with zero attached hydrogens (tertiary/aromatic N) is 2. The summed E-state index contributed by atoms with van der Waals surface area (Å²) in [7, 11) is 2.85. The Morgan fingerprint density at radius 3 is 1.70 bits per heavy atom. The number of esters is 2. The summed E-state index contributed by atoms with van der Waals surface area (Å²) >= 11 is 0. The normalized spacial score (nSPS) is 29.4. The lowest BCUT2D eigenvalue weighted by Crippen LogP contribution is -2.54. The van der Waals surface area contributed by atoms with Gasteiger partial charge in [-0.1, -0.05) is 0 Å². The smallest absolute Gasteiger partial charge is 0.323 e. The van der Waals surface area contributed by atoms with Gasteiger partial charge in [-0.3, -0.25) is 19.4 Å². The van der Waals surface area contributed by atoms with E-state index >= 15 is 0 Å². The monoisotopic (exact) mass is 284 g/mol. The number of rotatable bonds is 4. The number of hydrogen-bond donors (Lipinski definition) is 0. The highest BCUT2D eigenvalue weighted by Gasteiger charge is 2.41. The molecule has 2 fully saturated rings. The van der Waals surface area contributed by atoms with E-state index in [1.54, 1.807) is 0 Å². The first-order valence-electron chi connectivity index (χ1n) is 7.27. The molecule has 2 saturated heterocycles.